The van der Waals surface area contributed by atoms with Crippen molar-refractivity contribution in [1.82, 2.24) is 5.32 Å². The van der Waals surface area contributed by atoms with E-state index in [1.807, 2.05) is 6.08 Å². The Morgan fingerprint density at radius 2 is 0.836 bits per heavy atom. The Labute approximate surface area is 342 Å². The Hall–Kier alpha value is -1.40. The smallest absolute Gasteiger partial charge is 0.305 e. The Kier molecular flexibility index (Phi) is 44.2. The quantitative estimate of drug-likeness (QED) is 0.0325. The van der Waals surface area contributed by atoms with Crippen LogP contribution >= 0.6 is 0 Å². The second kappa shape index (κ2) is 45.3. The molecule has 0 aliphatic carbocycles. The highest BCUT2D eigenvalue weighted by molar-refractivity contribution is 5.76. The third kappa shape index (κ3) is 42.0. The molecule has 0 saturated heterocycles. The lowest BCUT2D eigenvalue weighted by Crippen LogP contribution is -2.45. The first kappa shape index (κ1) is 53.6. The van der Waals surface area contributed by atoms with Crippen LogP contribution < -0.4 is 5.32 Å². The molecule has 1 amide bonds. The number of hydrogen-bond donors (Lipinski definition) is 3. The maximum absolute atomic E-state index is 12.4. The van der Waals surface area contributed by atoms with Crippen molar-refractivity contribution in [1.29, 1.82) is 0 Å². The average Bonchev–Trinajstić information content (AvgIpc) is 3.18. The minimum Gasteiger partial charge on any atom is -0.466 e. The normalized spacial score (nSPS) is 12.7. The molecule has 0 aromatic heterocycles. The molecule has 0 aliphatic heterocycles. The summed E-state index contributed by atoms with van der Waals surface area (Å²) in [5, 5.41) is 22.9. The molecule has 0 aromatic rings. The molecule has 0 aliphatic rings. The van der Waals surface area contributed by atoms with Crippen molar-refractivity contribution >= 4 is 11.9 Å². The summed E-state index contributed by atoms with van der Waals surface area (Å²) < 4.78 is 5.46. The molecule has 55 heavy (non-hydrogen) atoms. The molecule has 0 aromatic carbocycles. The number of unbranched alkanes of at least 4 members (excludes halogenated alkanes) is 34. The zero-order valence-corrected chi connectivity index (χ0v) is 36.9. The third-order valence-electron chi connectivity index (χ3n) is 11.3. The molecule has 0 fully saturated rings. The molecule has 3 N–H and O–H groups in total. The highest BCUT2D eigenvalue weighted by Gasteiger charge is 2.18. The van der Waals surface area contributed by atoms with E-state index < -0.39 is 12.1 Å². The number of amides is 1. The third-order valence-corrected chi connectivity index (χ3v) is 11.3. The van der Waals surface area contributed by atoms with Crippen LogP contribution in [0.25, 0.3) is 0 Å². The van der Waals surface area contributed by atoms with Crippen molar-refractivity contribution in [3.63, 3.8) is 0 Å². The van der Waals surface area contributed by atoms with Gasteiger partial charge in [-0.05, 0) is 32.1 Å². The van der Waals surface area contributed by atoms with Crippen LogP contribution in [0.3, 0.4) is 0 Å². The number of esters is 1. The first-order chi connectivity index (χ1) is 27.0. The fourth-order valence-electron chi connectivity index (χ4n) is 7.51. The van der Waals surface area contributed by atoms with E-state index >= 15 is 0 Å². The molecule has 0 radical (unpaired) electrons. The number of carbonyl (C=O) groups is 2. The van der Waals surface area contributed by atoms with E-state index in [1.165, 1.54) is 180 Å². The summed E-state index contributed by atoms with van der Waals surface area (Å²) in [5.41, 5.74) is 0. The number of aliphatic hydroxyl groups is 2. The molecule has 326 valence electrons. The molecule has 0 heterocycles. The van der Waals surface area contributed by atoms with Crippen molar-refractivity contribution in [2.75, 3.05) is 13.2 Å². The number of rotatable bonds is 45. The highest BCUT2D eigenvalue weighted by atomic mass is 16.5. The molecule has 6 heteroatoms. The number of nitrogens with one attached hydrogen (secondary N) is 1. The van der Waals surface area contributed by atoms with Crippen LogP contribution in [0, 0.1) is 0 Å². The summed E-state index contributed by atoms with van der Waals surface area (Å²) in [6.07, 6.45) is 50.6. The predicted octanol–water partition coefficient (Wildman–Crippen LogP) is 14.2. The highest BCUT2D eigenvalue weighted by Crippen LogP contribution is 2.16. The van der Waals surface area contributed by atoms with Crippen LogP contribution in [-0.2, 0) is 14.3 Å². The van der Waals surface area contributed by atoms with Crippen LogP contribution in [0.15, 0.2) is 12.2 Å². The molecule has 6 nitrogen and oxygen atoms in total. The zero-order valence-electron chi connectivity index (χ0n) is 36.9. The van der Waals surface area contributed by atoms with Gasteiger partial charge in [-0.1, -0.05) is 231 Å². The lowest BCUT2D eigenvalue weighted by molar-refractivity contribution is -0.143. The molecule has 0 rings (SSSR count). The monoisotopic (exact) mass is 778 g/mol. The zero-order chi connectivity index (χ0) is 40.1. The second-order valence-corrected chi connectivity index (χ2v) is 16.8. The summed E-state index contributed by atoms with van der Waals surface area (Å²) in [6, 6.07) is -0.634. The molecular formula is C49H95NO5. The topological polar surface area (TPSA) is 95.9 Å². The van der Waals surface area contributed by atoms with Gasteiger partial charge >= 0.3 is 5.97 Å². The Bertz CT molecular complexity index is 817. The summed E-state index contributed by atoms with van der Waals surface area (Å²) >= 11 is 0. The lowest BCUT2D eigenvalue weighted by atomic mass is 10.0. The predicted molar refractivity (Wildman–Crippen MR) is 237 cm³/mol. The first-order valence-corrected chi connectivity index (χ1v) is 24.5. The van der Waals surface area contributed by atoms with Crippen molar-refractivity contribution < 1.29 is 24.5 Å². The number of aliphatic hydroxyl groups excluding tert-OH is 2. The van der Waals surface area contributed by atoms with Gasteiger partial charge in [0.25, 0.3) is 0 Å². The van der Waals surface area contributed by atoms with E-state index in [0.29, 0.717) is 19.4 Å². The molecule has 0 saturated carbocycles. The van der Waals surface area contributed by atoms with Crippen molar-refractivity contribution in [2.45, 2.75) is 276 Å². The van der Waals surface area contributed by atoms with Gasteiger partial charge in [0.05, 0.1) is 25.4 Å². The SMILES string of the molecule is CCCCCCCCCCC/C=C/C(O)C(CO)NC(=O)CCCCCCCCCCCCCCCOC(=O)CCCCCCCCCCCCCCCC. The van der Waals surface area contributed by atoms with E-state index in [1.54, 1.807) is 6.08 Å². The first-order valence-electron chi connectivity index (χ1n) is 24.5. The summed E-state index contributed by atoms with van der Waals surface area (Å²) in [7, 11) is 0. The molecule has 0 spiro atoms. The maximum atomic E-state index is 12.4. The van der Waals surface area contributed by atoms with Crippen LogP contribution in [0.1, 0.15) is 264 Å². The van der Waals surface area contributed by atoms with Crippen LogP contribution in [0.4, 0.5) is 0 Å². The molecule has 0 bridgehead atoms. The van der Waals surface area contributed by atoms with E-state index in [-0.39, 0.29) is 18.5 Å². The standard InChI is InChI=1S/C49H95NO5/c1-3-5-7-9-11-13-15-16-19-23-27-31-35-39-43-49(54)55-44-40-36-32-28-24-20-17-18-22-26-30-34-38-42-48(53)50-46(45-51)47(52)41-37-33-29-25-21-14-12-10-8-6-4-2/h37,41,46-47,51-52H,3-36,38-40,42-45H2,1-2H3,(H,50,53)/b41-37+. The van der Waals surface area contributed by atoms with Gasteiger partial charge in [-0.25, -0.2) is 0 Å². The second-order valence-electron chi connectivity index (χ2n) is 16.8. The van der Waals surface area contributed by atoms with E-state index in [2.05, 4.69) is 19.2 Å². The molecule has 2 atom stereocenters. The van der Waals surface area contributed by atoms with E-state index in [9.17, 15) is 19.8 Å². The van der Waals surface area contributed by atoms with Gasteiger partial charge in [0.1, 0.15) is 0 Å². The van der Waals surface area contributed by atoms with Crippen molar-refractivity contribution in [2.24, 2.45) is 0 Å². The number of allylic oxidation sites excluding steroid dienone is 1. The van der Waals surface area contributed by atoms with Crippen LogP contribution in [0.5, 0.6) is 0 Å². The Morgan fingerprint density at radius 1 is 0.491 bits per heavy atom. The van der Waals surface area contributed by atoms with Gasteiger partial charge in [0.15, 0.2) is 0 Å². The minimum atomic E-state index is -0.850. The molecular weight excluding hydrogens is 683 g/mol. The van der Waals surface area contributed by atoms with Crippen LogP contribution in [-0.4, -0.2) is 47.4 Å². The maximum Gasteiger partial charge on any atom is 0.305 e. The number of ether oxygens (including phenoxy) is 1. The van der Waals surface area contributed by atoms with Gasteiger partial charge in [0.2, 0.25) is 5.91 Å². The minimum absolute atomic E-state index is 0.00497. The van der Waals surface area contributed by atoms with Crippen LogP contribution in [0.2, 0.25) is 0 Å². The van der Waals surface area contributed by atoms with Crippen molar-refractivity contribution in [3.05, 3.63) is 12.2 Å². The Morgan fingerprint density at radius 3 is 1.24 bits per heavy atom. The van der Waals surface area contributed by atoms with Gasteiger partial charge in [0, 0.05) is 12.8 Å². The Balaban J connectivity index is 3.45. The fraction of sp³-hybridized carbons (Fsp3) is 0.918. The fourth-order valence-corrected chi connectivity index (χ4v) is 7.51. The van der Waals surface area contributed by atoms with Gasteiger partial charge in [-0.2, -0.15) is 0 Å². The lowest BCUT2D eigenvalue weighted by Gasteiger charge is -2.20. The van der Waals surface area contributed by atoms with Crippen molar-refractivity contribution in [3.8, 4) is 0 Å². The molecule has 2 unspecified atom stereocenters. The summed E-state index contributed by atoms with van der Waals surface area (Å²) in [4.78, 5) is 24.4. The van der Waals surface area contributed by atoms with Gasteiger partial charge in [-0.3, -0.25) is 9.59 Å². The van der Waals surface area contributed by atoms with Gasteiger partial charge in [-0.15, -0.1) is 0 Å². The summed E-state index contributed by atoms with van der Waals surface area (Å²) in [5.74, 6) is -0.0866. The number of hydrogen-bond acceptors (Lipinski definition) is 5. The summed E-state index contributed by atoms with van der Waals surface area (Å²) in [6.45, 7) is 4.86. The largest absolute Gasteiger partial charge is 0.466 e. The van der Waals surface area contributed by atoms with E-state index in [0.717, 1.165) is 57.8 Å². The number of carbonyl (C=O) groups excluding carboxylic acids is 2. The van der Waals surface area contributed by atoms with Gasteiger partial charge < -0.3 is 20.3 Å². The van der Waals surface area contributed by atoms with E-state index in [4.69, 9.17) is 4.74 Å². The average molecular weight is 778 g/mol.